The Morgan fingerprint density at radius 1 is 1.14 bits per heavy atom. The van der Waals surface area contributed by atoms with E-state index >= 15 is 0 Å². The van der Waals surface area contributed by atoms with Gasteiger partial charge in [0.05, 0.1) is 16.2 Å². The van der Waals surface area contributed by atoms with Crippen LogP contribution in [-0.4, -0.2) is 28.3 Å². The quantitative estimate of drug-likeness (QED) is 0.439. The van der Waals surface area contributed by atoms with Crippen LogP contribution in [0.3, 0.4) is 0 Å². The first-order valence-corrected chi connectivity index (χ1v) is 10.2. The lowest BCUT2D eigenvalue weighted by molar-refractivity contribution is 0.00578. The number of nitrogens with zero attached hydrogens (tertiary/aromatic N) is 1. The van der Waals surface area contributed by atoms with Gasteiger partial charge < -0.3 is 14.3 Å². The van der Waals surface area contributed by atoms with Crippen molar-refractivity contribution in [2.24, 2.45) is 0 Å². The Balaban J connectivity index is 1.77. The fourth-order valence-corrected chi connectivity index (χ4v) is 4.30. The van der Waals surface area contributed by atoms with Gasteiger partial charge in [0.2, 0.25) is 0 Å². The highest BCUT2D eigenvalue weighted by molar-refractivity contribution is 6.62. The molecule has 0 saturated carbocycles. The lowest BCUT2D eigenvalue weighted by atomic mass is 9.79. The molecule has 29 heavy (non-hydrogen) atoms. The molecule has 0 aliphatic carbocycles. The average molecular weight is 435 g/mol. The predicted octanol–water partition coefficient (Wildman–Crippen LogP) is 5.46. The van der Waals surface area contributed by atoms with Crippen LogP contribution in [0.4, 0.5) is 4.39 Å². The van der Waals surface area contributed by atoms with Gasteiger partial charge in [0.15, 0.2) is 0 Å². The van der Waals surface area contributed by atoms with Crippen molar-refractivity contribution < 1.29 is 13.7 Å². The summed E-state index contributed by atoms with van der Waals surface area (Å²) in [6, 6.07) is 4.79. The first-order valence-electron chi connectivity index (χ1n) is 9.48. The van der Waals surface area contributed by atoms with Gasteiger partial charge in [0.25, 0.3) is 0 Å². The second kappa shape index (κ2) is 6.98. The van der Waals surface area contributed by atoms with Crippen molar-refractivity contribution in [3.8, 4) is 0 Å². The summed E-state index contributed by atoms with van der Waals surface area (Å²) < 4.78 is 26.3. The Morgan fingerprint density at radius 3 is 2.45 bits per heavy atom. The lowest BCUT2D eigenvalue weighted by Gasteiger charge is -2.32. The molecular formula is C21H22BCl2FN2O2. The molecule has 0 amide bonds. The van der Waals surface area contributed by atoms with Gasteiger partial charge in [-0.3, -0.25) is 0 Å². The van der Waals surface area contributed by atoms with Crippen LogP contribution in [0.1, 0.15) is 51.7 Å². The number of nitrogens with one attached hydrogen (secondary N) is 1. The van der Waals surface area contributed by atoms with E-state index in [1.807, 2.05) is 46.9 Å². The van der Waals surface area contributed by atoms with Crippen LogP contribution in [0.15, 0.2) is 30.6 Å². The van der Waals surface area contributed by atoms with Crippen molar-refractivity contribution in [3.05, 3.63) is 57.6 Å². The highest BCUT2D eigenvalue weighted by Gasteiger charge is 2.51. The zero-order valence-corrected chi connectivity index (χ0v) is 18.5. The van der Waals surface area contributed by atoms with Crippen molar-refractivity contribution in [3.63, 3.8) is 0 Å². The van der Waals surface area contributed by atoms with E-state index in [9.17, 15) is 4.39 Å². The average Bonchev–Trinajstić information content (AvgIpc) is 3.15. The minimum atomic E-state index is -0.517. The van der Waals surface area contributed by atoms with Gasteiger partial charge in [0.1, 0.15) is 11.5 Å². The van der Waals surface area contributed by atoms with Crippen molar-refractivity contribution in [2.75, 3.05) is 0 Å². The summed E-state index contributed by atoms with van der Waals surface area (Å²) in [4.78, 5) is 7.69. The molecule has 2 aromatic heterocycles. The van der Waals surface area contributed by atoms with Gasteiger partial charge in [-0.1, -0.05) is 30.1 Å². The van der Waals surface area contributed by atoms with E-state index in [0.717, 1.165) is 22.1 Å². The maximum absolute atomic E-state index is 14.0. The number of rotatable bonds is 3. The Bertz CT molecular complexity index is 1080. The maximum atomic E-state index is 14.0. The van der Waals surface area contributed by atoms with Gasteiger partial charge in [-0.25, -0.2) is 9.37 Å². The molecular weight excluding hydrogens is 413 g/mol. The Labute approximate surface area is 179 Å². The maximum Gasteiger partial charge on any atom is 0.496 e. The number of hydrogen-bond acceptors (Lipinski definition) is 3. The van der Waals surface area contributed by atoms with Crippen molar-refractivity contribution >= 4 is 46.8 Å². The van der Waals surface area contributed by atoms with Crippen LogP contribution in [0.5, 0.6) is 0 Å². The smallest absolute Gasteiger partial charge is 0.399 e. The molecule has 1 saturated heterocycles. The van der Waals surface area contributed by atoms with Gasteiger partial charge in [0, 0.05) is 34.2 Å². The minimum Gasteiger partial charge on any atom is -0.399 e. The second-order valence-electron chi connectivity index (χ2n) is 8.48. The number of aromatic amines is 1. The van der Waals surface area contributed by atoms with E-state index in [0.29, 0.717) is 10.6 Å². The van der Waals surface area contributed by atoms with E-state index in [1.54, 1.807) is 6.20 Å². The van der Waals surface area contributed by atoms with E-state index < -0.39 is 24.1 Å². The van der Waals surface area contributed by atoms with Crippen LogP contribution in [0.25, 0.3) is 11.0 Å². The molecule has 1 fully saturated rings. The van der Waals surface area contributed by atoms with Crippen molar-refractivity contribution in [2.45, 2.75) is 51.7 Å². The zero-order chi connectivity index (χ0) is 21.1. The number of benzene rings is 1. The van der Waals surface area contributed by atoms with Crippen molar-refractivity contribution in [1.82, 2.24) is 9.97 Å². The third kappa shape index (κ3) is 3.36. The third-order valence-electron chi connectivity index (χ3n) is 6.09. The van der Waals surface area contributed by atoms with Crippen LogP contribution in [0, 0.1) is 5.82 Å². The lowest BCUT2D eigenvalue weighted by Crippen LogP contribution is -2.41. The Kier molecular flexibility index (Phi) is 4.98. The SMILES string of the molecule is C[C@H](c1c(Cl)ccc(F)c1Cl)c1c[nH]c2ncc(B3OC(C)(C)C(C)(C)O3)cc12. The standard InChI is InChI=1S/C21H22BCl2FN2O2/c1-11(17-15(23)6-7-16(25)18(17)24)14-10-27-19-13(14)8-12(9-26-19)22-28-20(2,3)21(4,5)29-22/h6-11H,1-5H3,(H,26,27)/t11-/m0/s1. The monoisotopic (exact) mass is 434 g/mol. The van der Waals surface area contributed by atoms with Crippen LogP contribution in [-0.2, 0) is 9.31 Å². The first kappa shape index (κ1) is 20.7. The van der Waals surface area contributed by atoms with Gasteiger partial charge in [-0.15, -0.1) is 0 Å². The molecule has 4 rings (SSSR count). The minimum absolute atomic E-state index is 0.0365. The molecule has 1 atom stereocenters. The predicted molar refractivity (Wildman–Crippen MR) is 116 cm³/mol. The number of fused-ring (bicyclic) bond motifs is 1. The molecule has 0 radical (unpaired) electrons. The van der Waals surface area contributed by atoms with E-state index in [4.69, 9.17) is 32.5 Å². The number of halogens is 3. The van der Waals surface area contributed by atoms with E-state index in [1.165, 1.54) is 12.1 Å². The fraction of sp³-hybridized carbons (Fsp3) is 0.381. The van der Waals surface area contributed by atoms with Gasteiger partial charge >= 0.3 is 7.12 Å². The highest BCUT2D eigenvalue weighted by Crippen LogP contribution is 2.39. The van der Waals surface area contributed by atoms with Gasteiger partial charge in [-0.05, 0) is 57.0 Å². The van der Waals surface area contributed by atoms with Crippen LogP contribution < -0.4 is 5.46 Å². The number of aromatic nitrogens is 2. The molecule has 0 unspecified atom stereocenters. The molecule has 0 bridgehead atoms. The van der Waals surface area contributed by atoms with E-state index in [2.05, 4.69) is 9.97 Å². The van der Waals surface area contributed by atoms with Crippen LogP contribution >= 0.6 is 23.2 Å². The van der Waals surface area contributed by atoms with E-state index in [-0.39, 0.29) is 10.9 Å². The fourth-order valence-electron chi connectivity index (χ4n) is 3.60. The summed E-state index contributed by atoms with van der Waals surface area (Å²) >= 11 is 12.6. The summed E-state index contributed by atoms with van der Waals surface area (Å²) in [7, 11) is -0.517. The largest absolute Gasteiger partial charge is 0.496 e. The summed E-state index contributed by atoms with van der Waals surface area (Å²) in [6.45, 7) is 9.98. The first-order chi connectivity index (χ1) is 13.5. The molecule has 152 valence electrons. The summed E-state index contributed by atoms with van der Waals surface area (Å²) in [5.41, 5.74) is 2.12. The molecule has 3 heterocycles. The van der Waals surface area contributed by atoms with Crippen molar-refractivity contribution in [1.29, 1.82) is 0 Å². The normalized spacial score (nSPS) is 19.1. The molecule has 1 aliphatic heterocycles. The summed E-state index contributed by atoms with van der Waals surface area (Å²) in [6.07, 6.45) is 3.60. The number of hydrogen-bond donors (Lipinski definition) is 1. The molecule has 1 N–H and O–H groups in total. The molecule has 1 aliphatic rings. The molecule has 0 spiro atoms. The molecule has 8 heteroatoms. The molecule has 4 nitrogen and oxygen atoms in total. The Hall–Kier alpha value is -1.60. The third-order valence-corrected chi connectivity index (χ3v) is 6.80. The molecule has 1 aromatic carbocycles. The number of pyridine rings is 1. The topological polar surface area (TPSA) is 47.1 Å². The second-order valence-corrected chi connectivity index (χ2v) is 9.26. The summed E-state index contributed by atoms with van der Waals surface area (Å²) in [5, 5.41) is 1.35. The van der Waals surface area contributed by atoms with Crippen LogP contribution in [0.2, 0.25) is 10.0 Å². The van der Waals surface area contributed by atoms with Gasteiger partial charge in [-0.2, -0.15) is 0 Å². The Morgan fingerprint density at radius 2 is 1.79 bits per heavy atom. The molecule has 3 aromatic rings. The number of H-pyrrole nitrogens is 1. The highest BCUT2D eigenvalue weighted by atomic mass is 35.5. The zero-order valence-electron chi connectivity index (χ0n) is 16.9. The summed E-state index contributed by atoms with van der Waals surface area (Å²) in [5.74, 6) is -0.733.